The Morgan fingerprint density at radius 1 is 1.03 bits per heavy atom. The summed E-state index contributed by atoms with van der Waals surface area (Å²) in [5.41, 5.74) is -3.95. The van der Waals surface area contributed by atoms with Gasteiger partial charge in [-0.15, -0.1) is 0 Å². The molecular formula is C21H24F6N6O5. The molecule has 38 heavy (non-hydrogen) atoms. The number of ether oxygens (including phenoxy) is 3. The Bertz CT molecular complexity index is 1120. The number of rotatable bonds is 10. The van der Waals surface area contributed by atoms with Gasteiger partial charge in [0.1, 0.15) is 6.10 Å². The maximum Gasteiger partial charge on any atom is 0.425 e. The lowest BCUT2D eigenvalue weighted by Crippen LogP contribution is -2.49. The second kappa shape index (κ2) is 12.4. The molecule has 1 amide bonds. The Kier molecular flexibility index (Phi) is 9.48. The number of anilines is 1. The Morgan fingerprint density at radius 2 is 1.68 bits per heavy atom. The van der Waals surface area contributed by atoms with Crippen LogP contribution in [-0.2, 0) is 26.6 Å². The Hall–Kier alpha value is -3.47. The van der Waals surface area contributed by atoms with E-state index in [-0.39, 0.29) is 51.2 Å². The summed E-state index contributed by atoms with van der Waals surface area (Å²) in [6, 6.07) is 0. The van der Waals surface area contributed by atoms with E-state index in [1.165, 1.54) is 7.11 Å². The number of hydrogen-bond donors (Lipinski definition) is 1. The molecule has 1 saturated heterocycles. The summed E-state index contributed by atoms with van der Waals surface area (Å²) in [5.74, 6) is -0.903. The zero-order chi connectivity index (χ0) is 27.9. The normalized spacial score (nSPS) is 15.4. The molecule has 2 aromatic rings. The lowest BCUT2D eigenvalue weighted by Gasteiger charge is -2.34. The molecule has 2 aromatic heterocycles. The van der Waals surface area contributed by atoms with Crippen LogP contribution in [0.3, 0.4) is 0 Å². The molecule has 0 unspecified atom stereocenters. The lowest BCUT2D eigenvalue weighted by molar-refractivity contribution is -0.141. The van der Waals surface area contributed by atoms with Crippen molar-refractivity contribution in [3.63, 3.8) is 0 Å². The molecule has 11 nitrogen and oxygen atoms in total. The lowest BCUT2D eigenvalue weighted by atomic mass is 10.2. The summed E-state index contributed by atoms with van der Waals surface area (Å²) >= 11 is 0. The summed E-state index contributed by atoms with van der Waals surface area (Å²) in [6.07, 6.45) is -8.43. The van der Waals surface area contributed by atoms with Crippen LogP contribution in [0, 0.1) is 0 Å². The third kappa shape index (κ3) is 7.77. The maximum absolute atomic E-state index is 13.2. The van der Waals surface area contributed by atoms with Gasteiger partial charge >= 0.3 is 12.4 Å². The highest BCUT2D eigenvalue weighted by atomic mass is 19.4. The van der Waals surface area contributed by atoms with Crippen molar-refractivity contribution in [2.45, 2.75) is 24.9 Å². The first-order valence-corrected chi connectivity index (χ1v) is 11.2. The summed E-state index contributed by atoms with van der Waals surface area (Å²) < 4.78 is 93.3. The van der Waals surface area contributed by atoms with Gasteiger partial charge in [-0.3, -0.25) is 9.59 Å². The van der Waals surface area contributed by atoms with Crippen LogP contribution < -0.4 is 15.2 Å². The number of nitrogens with one attached hydrogen (secondary N) is 1. The van der Waals surface area contributed by atoms with Crippen LogP contribution in [0.5, 0.6) is 5.75 Å². The van der Waals surface area contributed by atoms with E-state index in [4.69, 9.17) is 14.2 Å². The van der Waals surface area contributed by atoms with Gasteiger partial charge in [0.2, 0.25) is 11.9 Å². The zero-order valence-corrected chi connectivity index (χ0v) is 20.0. The summed E-state index contributed by atoms with van der Waals surface area (Å²) in [7, 11) is 1.30. The number of hydrogen-bond acceptors (Lipinski definition) is 9. The molecule has 1 atom stereocenters. The standard InChI is InChI=1S/C21H24F6N6O5/c1-36-11-14(38-15-10-30-31-18(35)17(15)21(25,26)27)12-37-7-2-16(34)32-3-5-33(6-4-32)19-28-8-13(9-29-19)20(22,23)24/h8-10,14H,2-7,11-12H2,1H3,(H,31,35)/t14-/m0/s1. The summed E-state index contributed by atoms with van der Waals surface area (Å²) in [5, 5.41) is 5.04. The first-order valence-electron chi connectivity index (χ1n) is 11.2. The number of H-pyrrole nitrogens is 1. The van der Waals surface area contributed by atoms with Crippen molar-refractivity contribution in [3.8, 4) is 5.75 Å². The molecule has 0 bridgehead atoms. The van der Waals surface area contributed by atoms with Crippen LogP contribution >= 0.6 is 0 Å². The highest BCUT2D eigenvalue weighted by molar-refractivity contribution is 5.76. The van der Waals surface area contributed by atoms with Crippen molar-refractivity contribution < 1.29 is 45.3 Å². The van der Waals surface area contributed by atoms with Crippen LogP contribution in [-0.4, -0.2) is 90.2 Å². The van der Waals surface area contributed by atoms with Crippen LogP contribution in [0.1, 0.15) is 17.5 Å². The van der Waals surface area contributed by atoms with Gasteiger partial charge < -0.3 is 24.0 Å². The van der Waals surface area contributed by atoms with Crippen LogP contribution in [0.2, 0.25) is 0 Å². The molecule has 1 aliphatic heterocycles. The fourth-order valence-electron chi connectivity index (χ4n) is 3.54. The quantitative estimate of drug-likeness (QED) is 0.346. The first kappa shape index (κ1) is 29.1. The minimum atomic E-state index is -4.97. The highest BCUT2D eigenvalue weighted by Gasteiger charge is 2.39. The topological polar surface area (TPSA) is 123 Å². The van der Waals surface area contributed by atoms with Crippen molar-refractivity contribution in [3.05, 3.63) is 40.1 Å². The monoisotopic (exact) mass is 554 g/mol. The summed E-state index contributed by atoms with van der Waals surface area (Å²) in [6.45, 7) is 0.741. The molecule has 0 saturated carbocycles. The maximum atomic E-state index is 13.2. The average molecular weight is 554 g/mol. The van der Waals surface area contributed by atoms with Gasteiger partial charge in [-0.25, -0.2) is 15.1 Å². The number of aromatic amines is 1. The molecule has 1 N–H and O–H groups in total. The molecule has 0 aromatic carbocycles. The van der Waals surface area contributed by atoms with Gasteiger partial charge in [0.05, 0.1) is 38.0 Å². The van der Waals surface area contributed by atoms with E-state index in [1.807, 2.05) is 0 Å². The number of aromatic nitrogens is 4. The number of carbonyl (C=O) groups excluding carboxylic acids is 1. The SMILES string of the molecule is COC[C@@H](COCCC(=O)N1CCN(c2ncc(C(F)(F)F)cn2)CC1)Oc1cn[nH]c(=O)c1C(F)(F)F. The fourth-order valence-corrected chi connectivity index (χ4v) is 3.54. The predicted molar refractivity (Wildman–Crippen MR) is 117 cm³/mol. The predicted octanol–water partition coefficient (Wildman–Crippen LogP) is 1.75. The smallest absolute Gasteiger partial charge is 0.425 e. The van der Waals surface area contributed by atoms with Crippen molar-refractivity contribution in [2.24, 2.45) is 0 Å². The molecule has 1 fully saturated rings. The molecule has 1 aliphatic rings. The van der Waals surface area contributed by atoms with E-state index in [9.17, 15) is 35.9 Å². The number of nitrogens with zero attached hydrogens (tertiary/aromatic N) is 5. The second-order valence-electron chi connectivity index (χ2n) is 8.09. The molecule has 0 radical (unpaired) electrons. The van der Waals surface area contributed by atoms with Gasteiger partial charge in [0.25, 0.3) is 5.56 Å². The van der Waals surface area contributed by atoms with E-state index < -0.39 is 40.9 Å². The molecule has 3 rings (SSSR count). The third-order valence-electron chi connectivity index (χ3n) is 5.40. The summed E-state index contributed by atoms with van der Waals surface area (Å²) in [4.78, 5) is 34.8. The van der Waals surface area contributed by atoms with Gasteiger partial charge in [-0.2, -0.15) is 31.4 Å². The second-order valence-corrected chi connectivity index (χ2v) is 8.09. The minimum absolute atomic E-state index is 0.0309. The van der Waals surface area contributed by atoms with E-state index in [0.717, 1.165) is 6.20 Å². The Balaban J connectivity index is 1.45. The number of halogens is 6. The van der Waals surface area contributed by atoms with Gasteiger partial charge in [0.15, 0.2) is 11.3 Å². The molecule has 17 heteroatoms. The van der Waals surface area contributed by atoms with Gasteiger partial charge in [-0.1, -0.05) is 0 Å². The number of methoxy groups -OCH3 is 1. The van der Waals surface area contributed by atoms with Crippen LogP contribution in [0.4, 0.5) is 32.3 Å². The molecular weight excluding hydrogens is 530 g/mol. The van der Waals surface area contributed by atoms with E-state index in [0.29, 0.717) is 25.5 Å². The first-order chi connectivity index (χ1) is 17.9. The third-order valence-corrected chi connectivity index (χ3v) is 5.40. The largest absolute Gasteiger partial charge is 0.483 e. The zero-order valence-electron chi connectivity index (χ0n) is 20.0. The van der Waals surface area contributed by atoms with Crippen molar-refractivity contribution in [2.75, 3.05) is 58.0 Å². The number of carbonyl (C=O) groups is 1. The Morgan fingerprint density at radius 3 is 2.26 bits per heavy atom. The molecule has 210 valence electrons. The number of piperazine rings is 1. The molecule has 0 aliphatic carbocycles. The van der Waals surface area contributed by atoms with Gasteiger partial charge in [0, 0.05) is 45.7 Å². The average Bonchev–Trinajstić information content (AvgIpc) is 2.85. The van der Waals surface area contributed by atoms with Crippen molar-refractivity contribution in [1.82, 2.24) is 25.1 Å². The highest BCUT2D eigenvalue weighted by Crippen LogP contribution is 2.33. The number of alkyl halides is 6. The van der Waals surface area contributed by atoms with E-state index >= 15 is 0 Å². The number of amides is 1. The van der Waals surface area contributed by atoms with Crippen LogP contribution in [0.15, 0.2) is 23.4 Å². The van der Waals surface area contributed by atoms with Gasteiger partial charge in [-0.05, 0) is 0 Å². The van der Waals surface area contributed by atoms with Crippen molar-refractivity contribution >= 4 is 11.9 Å². The van der Waals surface area contributed by atoms with E-state index in [1.54, 1.807) is 14.9 Å². The molecule has 3 heterocycles. The fraction of sp³-hybridized carbons (Fsp3) is 0.571. The van der Waals surface area contributed by atoms with E-state index in [2.05, 4.69) is 15.1 Å². The Labute approximate surface area is 211 Å². The van der Waals surface area contributed by atoms with Crippen LogP contribution in [0.25, 0.3) is 0 Å². The molecule has 0 spiro atoms. The minimum Gasteiger partial charge on any atom is -0.483 e. The van der Waals surface area contributed by atoms with Crippen molar-refractivity contribution in [1.29, 1.82) is 0 Å².